The van der Waals surface area contributed by atoms with Gasteiger partial charge in [0, 0.05) is 0 Å². The molecule has 4 saturated carbocycles. The van der Waals surface area contributed by atoms with Crippen LogP contribution in [0.1, 0.15) is 89.9 Å². The second-order valence-electron chi connectivity index (χ2n) is 7.01. The van der Waals surface area contributed by atoms with Crippen molar-refractivity contribution in [1.82, 2.24) is 0 Å². The van der Waals surface area contributed by atoms with Crippen LogP contribution in [0.2, 0.25) is 0 Å². The average molecular weight is 354 g/mol. The first kappa shape index (κ1) is 18.9. The van der Waals surface area contributed by atoms with Crippen LogP contribution in [-0.4, -0.2) is 0 Å². The van der Waals surface area contributed by atoms with Crippen LogP contribution in [0.15, 0.2) is 0 Å². The number of hydrogen-bond acceptors (Lipinski definition) is 0. The Morgan fingerprint density at radius 1 is 0.750 bits per heavy atom. The van der Waals surface area contributed by atoms with Crippen LogP contribution in [0.4, 0.5) is 0 Å². The molecule has 0 radical (unpaired) electrons. The first-order valence-corrected chi connectivity index (χ1v) is 9.04. The maximum absolute atomic E-state index is 3.96. The van der Waals surface area contributed by atoms with E-state index in [2.05, 4.69) is 13.3 Å². The summed E-state index contributed by atoms with van der Waals surface area (Å²) in [6.07, 6.45) is 23.1. The topological polar surface area (TPSA) is 0 Å². The van der Waals surface area contributed by atoms with Gasteiger partial charge in [-0.05, 0) is 0 Å². The first-order chi connectivity index (χ1) is 9.40. The SMILES string of the molecule is C1CCCC1.C1CCCC1.[CH2-]CC1[CH-][C@@H]2CC[C@H]1C2.[Zr+4]. The molecule has 0 spiro atoms. The molecular formula is C19H34Zr+2. The first-order valence-electron chi connectivity index (χ1n) is 9.04. The van der Waals surface area contributed by atoms with E-state index >= 15 is 0 Å². The second kappa shape index (κ2) is 11.5. The van der Waals surface area contributed by atoms with Crippen LogP contribution >= 0.6 is 0 Å². The summed E-state index contributed by atoms with van der Waals surface area (Å²) >= 11 is 0. The van der Waals surface area contributed by atoms with Gasteiger partial charge in [-0.2, -0.15) is 11.8 Å². The van der Waals surface area contributed by atoms with Gasteiger partial charge in [0.1, 0.15) is 0 Å². The van der Waals surface area contributed by atoms with Gasteiger partial charge in [-0.3, -0.25) is 0 Å². The molecule has 0 aromatic carbocycles. The van der Waals surface area contributed by atoms with Crippen molar-refractivity contribution in [1.29, 1.82) is 0 Å². The van der Waals surface area contributed by atoms with E-state index in [-0.39, 0.29) is 26.2 Å². The van der Waals surface area contributed by atoms with E-state index in [4.69, 9.17) is 0 Å². The van der Waals surface area contributed by atoms with Crippen molar-refractivity contribution >= 4 is 0 Å². The number of rotatable bonds is 1. The normalized spacial score (nSPS) is 33.8. The molecular weight excluding hydrogens is 319 g/mol. The second-order valence-corrected chi connectivity index (χ2v) is 7.01. The van der Waals surface area contributed by atoms with Crippen molar-refractivity contribution in [3.05, 3.63) is 13.3 Å². The van der Waals surface area contributed by atoms with E-state index in [0.717, 1.165) is 24.2 Å². The molecule has 4 fully saturated rings. The fraction of sp³-hybridized carbons (Fsp3) is 0.895. The summed E-state index contributed by atoms with van der Waals surface area (Å²) in [4.78, 5) is 0. The molecule has 0 N–H and O–H groups in total. The zero-order valence-electron chi connectivity index (χ0n) is 13.4. The molecule has 0 heterocycles. The van der Waals surface area contributed by atoms with Crippen molar-refractivity contribution in [2.75, 3.05) is 0 Å². The molecule has 0 aromatic heterocycles. The van der Waals surface area contributed by atoms with Crippen molar-refractivity contribution in [2.45, 2.75) is 89.9 Å². The quantitative estimate of drug-likeness (QED) is 0.481. The van der Waals surface area contributed by atoms with Gasteiger partial charge in [-0.15, -0.1) is 0 Å². The van der Waals surface area contributed by atoms with Gasteiger partial charge in [-0.25, -0.2) is 6.42 Å². The molecule has 0 amide bonds. The summed E-state index contributed by atoms with van der Waals surface area (Å²) in [7, 11) is 0. The number of hydrogen-bond donors (Lipinski definition) is 0. The Morgan fingerprint density at radius 2 is 1.20 bits per heavy atom. The predicted octanol–water partition coefficient (Wildman–Crippen LogP) is 6.36. The maximum Gasteiger partial charge on any atom is 4.00 e. The Bertz CT molecular complexity index is 193. The average Bonchev–Trinajstić information content (AvgIpc) is 3.27. The Labute approximate surface area is 147 Å². The van der Waals surface area contributed by atoms with E-state index in [1.54, 1.807) is 0 Å². The Morgan fingerprint density at radius 3 is 1.40 bits per heavy atom. The summed E-state index contributed by atoms with van der Waals surface area (Å²) in [6.45, 7) is 3.96. The molecule has 0 nitrogen and oxygen atoms in total. The molecule has 3 atom stereocenters. The fourth-order valence-corrected chi connectivity index (χ4v) is 4.22. The molecule has 0 aliphatic heterocycles. The van der Waals surface area contributed by atoms with Crippen molar-refractivity contribution in [3.8, 4) is 0 Å². The smallest absolute Gasteiger partial charge is 0.345 e. The molecule has 0 saturated heterocycles. The Kier molecular flexibility index (Phi) is 10.8. The van der Waals surface area contributed by atoms with E-state index in [1.807, 2.05) is 0 Å². The molecule has 2 bridgehead atoms. The largest absolute Gasteiger partial charge is 4.00 e. The summed E-state index contributed by atoms with van der Waals surface area (Å²) in [5.74, 6) is 2.91. The van der Waals surface area contributed by atoms with Crippen LogP contribution in [0.3, 0.4) is 0 Å². The zero-order valence-corrected chi connectivity index (χ0v) is 15.9. The summed E-state index contributed by atoms with van der Waals surface area (Å²) in [5.41, 5.74) is 0. The van der Waals surface area contributed by atoms with E-state index < -0.39 is 0 Å². The third-order valence-electron chi connectivity index (χ3n) is 5.47. The molecule has 4 rings (SSSR count). The van der Waals surface area contributed by atoms with Crippen LogP contribution < -0.4 is 0 Å². The van der Waals surface area contributed by atoms with Gasteiger partial charge < -0.3 is 13.3 Å². The number of fused-ring (bicyclic) bond motifs is 2. The van der Waals surface area contributed by atoms with Crippen molar-refractivity contribution in [2.24, 2.45) is 17.8 Å². The Hall–Kier alpha value is 0.883. The van der Waals surface area contributed by atoms with Crippen LogP contribution in [0, 0.1) is 31.1 Å². The third kappa shape index (κ3) is 6.76. The van der Waals surface area contributed by atoms with E-state index in [0.29, 0.717) is 0 Å². The van der Waals surface area contributed by atoms with Crippen molar-refractivity contribution in [3.63, 3.8) is 0 Å². The van der Waals surface area contributed by atoms with Gasteiger partial charge in [0.25, 0.3) is 0 Å². The minimum atomic E-state index is 0. The fourth-order valence-electron chi connectivity index (χ4n) is 4.22. The monoisotopic (exact) mass is 352 g/mol. The van der Waals surface area contributed by atoms with Gasteiger partial charge in [0.15, 0.2) is 0 Å². The predicted molar refractivity (Wildman–Crippen MR) is 84.8 cm³/mol. The minimum Gasteiger partial charge on any atom is -0.345 e. The standard InChI is InChI=1S/C9H14.2C5H10.Zr/c1-2-8-5-7-3-4-9(8)6-7;2*1-2-4-5-3-1;/h5,7-9H,1-4,6H2;2*1-5H2;/q-2;;;+4/t7-,8?,9-;;;/m0.../s1. The minimum absolute atomic E-state index is 0. The maximum atomic E-state index is 3.96. The van der Waals surface area contributed by atoms with Gasteiger partial charge in [0.05, 0.1) is 0 Å². The van der Waals surface area contributed by atoms with Gasteiger partial charge >= 0.3 is 26.2 Å². The summed E-state index contributed by atoms with van der Waals surface area (Å²) < 4.78 is 0. The van der Waals surface area contributed by atoms with Crippen LogP contribution in [0.25, 0.3) is 0 Å². The molecule has 4 aliphatic carbocycles. The molecule has 1 unspecified atom stereocenters. The molecule has 1 heteroatoms. The molecule has 4 aliphatic rings. The summed E-state index contributed by atoms with van der Waals surface area (Å²) in [6, 6.07) is 0. The van der Waals surface area contributed by atoms with Crippen molar-refractivity contribution < 1.29 is 26.2 Å². The molecule has 20 heavy (non-hydrogen) atoms. The van der Waals surface area contributed by atoms with Gasteiger partial charge in [0.2, 0.25) is 0 Å². The zero-order chi connectivity index (χ0) is 13.3. The third-order valence-corrected chi connectivity index (χ3v) is 5.47. The molecule has 112 valence electrons. The molecule has 0 aromatic rings. The Balaban J connectivity index is 0.000000158. The van der Waals surface area contributed by atoms with Gasteiger partial charge in [-0.1, -0.05) is 89.4 Å². The van der Waals surface area contributed by atoms with Crippen LogP contribution in [0.5, 0.6) is 0 Å². The van der Waals surface area contributed by atoms with Crippen LogP contribution in [-0.2, 0) is 26.2 Å². The summed E-state index contributed by atoms with van der Waals surface area (Å²) in [5, 5.41) is 0. The van der Waals surface area contributed by atoms with E-state index in [9.17, 15) is 0 Å². The van der Waals surface area contributed by atoms with E-state index in [1.165, 1.54) is 83.5 Å².